The Balaban J connectivity index is 1.73. The third-order valence-corrected chi connectivity index (χ3v) is 14.3. The van der Waals surface area contributed by atoms with Crippen LogP contribution >= 0.6 is 0 Å². The van der Waals surface area contributed by atoms with Crippen LogP contribution < -0.4 is 0 Å². The Bertz CT molecular complexity index is 1870. The number of aliphatic hydroxyl groups is 3. The van der Waals surface area contributed by atoms with E-state index in [0.717, 1.165) is 4.90 Å². The van der Waals surface area contributed by atoms with Crippen molar-refractivity contribution < 1.29 is 67.1 Å². The molecule has 0 aromatic heterocycles. The first kappa shape index (κ1) is 49.5. The molecule has 4 aliphatic rings. The number of carbonyl (C=O) groups is 5. The number of hydrogen-bond donors (Lipinski definition) is 3. The van der Waals surface area contributed by atoms with Gasteiger partial charge in [-0.2, -0.15) is 0 Å². The summed E-state index contributed by atoms with van der Waals surface area (Å²) in [6.07, 6.45) is 8.32. The van der Waals surface area contributed by atoms with Crippen molar-refractivity contribution in [3.8, 4) is 0 Å². The third kappa shape index (κ3) is 14.3. The highest BCUT2D eigenvalue weighted by molar-refractivity contribution is 6.39. The predicted molar refractivity (Wildman–Crippen MR) is 245 cm³/mol. The normalized spacial score (nSPS) is 41.3. The minimum Gasteiger partial charge on any atom is -0.460 e. The number of methoxy groups -OCH3 is 3. The zero-order valence-corrected chi connectivity index (χ0v) is 40.1. The maximum absolute atomic E-state index is 14.4. The van der Waals surface area contributed by atoms with Crippen molar-refractivity contribution in [2.75, 3.05) is 27.8 Å². The van der Waals surface area contributed by atoms with E-state index in [0.29, 0.717) is 62.5 Å². The van der Waals surface area contributed by atoms with E-state index < -0.39 is 90.9 Å². The lowest BCUT2D eigenvalue weighted by atomic mass is 9.78. The summed E-state index contributed by atoms with van der Waals surface area (Å²) in [5.41, 5.74) is 0.882. The molecule has 1 aliphatic carbocycles. The summed E-state index contributed by atoms with van der Waals surface area (Å²) in [6.45, 7) is 12.2. The number of nitrogens with zero attached hydrogens (tertiary/aromatic N) is 1. The number of aliphatic hydroxyl groups excluding tert-OH is 2. The lowest BCUT2D eigenvalue weighted by Crippen LogP contribution is -2.61. The first-order valence-corrected chi connectivity index (χ1v) is 23.7. The third-order valence-electron chi connectivity index (χ3n) is 14.3. The van der Waals surface area contributed by atoms with Crippen molar-refractivity contribution in [1.29, 1.82) is 0 Å². The fraction of sp³-hybridized carbons (Fsp3) is 0.745. The van der Waals surface area contributed by atoms with Gasteiger partial charge in [0.15, 0.2) is 5.78 Å². The number of hydrogen-bond acceptors (Lipinski definition) is 13. The lowest BCUT2D eigenvalue weighted by molar-refractivity contribution is -0.265. The van der Waals surface area contributed by atoms with Crippen LogP contribution in [0.25, 0.3) is 0 Å². The van der Waals surface area contributed by atoms with E-state index in [1.165, 1.54) is 7.11 Å². The molecule has 0 aromatic carbocycles. The maximum Gasteiger partial charge on any atom is 0.329 e. The number of cyclic esters (lactones) is 1. The van der Waals surface area contributed by atoms with E-state index in [4.69, 9.17) is 27.8 Å². The first-order valence-electron chi connectivity index (χ1n) is 25.2. The number of rotatable bonds is 6. The number of carbonyl (C=O) groups excluding carboxylic acids is 5. The summed E-state index contributed by atoms with van der Waals surface area (Å²) in [5.74, 6) is -8.82. The van der Waals surface area contributed by atoms with Crippen LogP contribution in [0, 0.1) is 35.5 Å². The number of piperidine rings is 1. The molecule has 0 radical (unpaired) electrons. The zero-order chi connectivity index (χ0) is 50.7. The summed E-state index contributed by atoms with van der Waals surface area (Å²) in [5, 5.41) is 33.9. The van der Waals surface area contributed by atoms with Gasteiger partial charge in [0.05, 0.1) is 28.5 Å². The topological polar surface area (TPSA) is 195 Å². The van der Waals surface area contributed by atoms with Gasteiger partial charge in [0.1, 0.15) is 30.1 Å². The molecule has 14 heteroatoms. The maximum atomic E-state index is 14.4. The second-order valence-corrected chi connectivity index (χ2v) is 19.5. The molecule has 14 nitrogen and oxygen atoms in total. The second kappa shape index (κ2) is 25.1. The molecule has 2 saturated heterocycles. The molecule has 366 valence electrons. The van der Waals surface area contributed by atoms with Crippen molar-refractivity contribution in [2.45, 2.75) is 180 Å². The van der Waals surface area contributed by atoms with Gasteiger partial charge in [-0.25, -0.2) is 4.79 Å². The Kier molecular flexibility index (Phi) is 19.1. The van der Waals surface area contributed by atoms with Gasteiger partial charge in [-0.3, -0.25) is 19.2 Å². The lowest BCUT2D eigenvalue weighted by Gasteiger charge is -2.42. The molecule has 1 amide bonds. The molecule has 1 saturated carbocycles. The number of ketones is 3. The molecule has 3 aliphatic heterocycles. The van der Waals surface area contributed by atoms with Crippen molar-refractivity contribution in [3.63, 3.8) is 0 Å². The number of allylic oxidation sites excluding steroid dienone is 6. The highest BCUT2D eigenvalue weighted by Gasteiger charge is 2.53. The number of amides is 1. The van der Waals surface area contributed by atoms with Gasteiger partial charge in [0.2, 0.25) is 5.79 Å². The molecule has 3 heterocycles. The van der Waals surface area contributed by atoms with E-state index in [1.807, 2.05) is 19.9 Å². The molecule has 3 N–H and O–H groups in total. The van der Waals surface area contributed by atoms with Gasteiger partial charge in [0, 0.05) is 58.4 Å². The standard InChI is InChI=1S/C51H79NO13/c1-30-16-12-11-13-17-31(2)42(61-8)28-38-21-19-36(7)51(60,65-38)48(57)49(58)52-23-15-14-18-39(52)50(59)64-43(33(4)26-37-20-22-40(53)44(27-37)62-9)29-41(54)32(3)25-35(6)46(56)47(63-10)45(55)34(5)24-30/h11-13,16-17,25,30,32-34,36-40,42-44,46-47,53,56,60H,14-15,18-24,26-29H2,1-10H3/b13-11+,16-12+,31-17+,35-25+/t30-,32-,33-,34-,36-,37?,38+,39+,40-,42+,43+,44-,46-,47+,51-/m1/s1/i8D3. The Morgan fingerprint density at radius 2 is 1.63 bits per heavy atom. The average Bonchev–Trinajstić information content (AvgIpc) is 3.28. The first-order chi connectivity index (χ1) is 31.9. The summed E-state index contributed by atoms with van der Waals surface area (Å²) >= 11 is 0. The van der Waals surface area contributed by atoms with Crippen molar-refractivity contribution in [3.05, 3.63) is 47.6 Å². The molecule has 65 heavy (non-hydrogen) atoms. The van der Waals surface area contributed by atoms with E-state index in [-0.39, 0.29) is 67.7 Å². The monoisotopic (exact) mass is 917 g/mol. The van der Waals surface area contributed by atoms with Crippen LogP contribution in [-0.4, -0.2) is 132 Å². The molecule has 2 bridgehead atoms. The quantitative estimate of drug-likeness (QED) is 0.155. The Morgan fingerprint density at radius 1 is 0.892 bits per heavy atom. The fourth-order valence-electron chi connectivity index (χ4n) is 9.98. The Hall–Kier alpha value is -3.37. The molecular formula is C51H79NO13. The van der Waals surface area contributed by atoms with E-state index in [1.54, 1.807) is 72.1 Å². The summed E-state index contributed by atoms with van der Waals surface area (Å²) in [7, 11) is 0.102. The van der Waals surface area contributed by atoms with Crippen LogP contribution in [0.3, 0.4) is 0 Å². The molecule has 1 unspecified atom stereocenters. The summed E-state index contributed by atoms with van der Waals surface area (Å²) < 4.78 is 52.5. The largest absolute Gasteiger partial charge is 0.460 e. The van der Waals surface area contributed by atoms with Gasteiger partial charge in [-0.15, -0.1) is 0 Å². The average molecular weight is 917 g/mol. The molecule has 0 spiro atoms. The summed E-state index contributed by atoms with van der Waals surface area (Å²) in [6, 6.07) is -1.21. The number of Topliss-reactive ketones (excluding diaryl/α,β-unsaturated/α-hetero) is 3. The molecule has 4 rings (SSSR count). The van der Waals surface area contributed by atoms with Gasteiger partial charge in [-0.05, 0) is 107 Å². The Labute approximate surface area is 391 Å². The molecular weight excluding hydrogens is 835 g/mol. The van der Waals surface area contributed by atoms with Gasteiger partial charge in [0.25, 0.3) is 11.7 Å². The molecule has 3 fully saturated rings. The SMILES string of the molecule is [2H]C([2H])([2H])O[C@H]1C[C@@H]2CC[C@@H](C)[C@@](O)(O2)C(=O)C(=O)N2CCCC[C@H]2C(=O)O[C@H]([C@H](C)CC2CC[C@@H](O)[C@H](OC)C2)CC(=O)[C@H](C)/C=C(\C)[C@@H](O)[C@@H](OC)C(=O)[C@H](C)C[C@H](C)/C=C/C=C/C=C/1C. The van der Waals surface area contributed by atoms with Crippen LogP contribution in [0.5, 0.6) is 0 Å². The van der Waals surface area contributed by atoms with Crippen LogP contribution in [0.2, 0.25) is 0 Å². The molecule has 15 atom stereocenters. The van der Waals surface area contributed by atoms with Crippen molar-refractivity contribution in [1.82, 2.24) is 4.90 Å². The summed E-state index contributed by atoms with van der Waals surface area (Å²) in [4.78, 5) is 71.9. The van der Waals surface area contributed by atoms with Crippen LogP contribution in [0.1, 0.15) is 130 Å². The minimum atomic E-state index is -2.80. The zero-order valence-electron chi connectivity index (χ0n) is 43.1. The van der Waals surface area contributed by atoms with Crippen LogP contribution in [0.4, 0.5) is 0 Å². The van der Waals surface area contributed by atoms with Gasteiger partial charge in [-0.1, -0.05) is 71.1 Å². The predicted octanol–water partition coefficient (Wildman–Crippen LogP) is 6.18. The van der Waals surface area contributed by atoms with Crippen molar-refractivity contribution >= 4 is 29.2 Å². The van der Waals surface area contributed by atoms with Crippen molar-refractivity contribution in [2.24, 2.45) is 35.5 Å². The van der Waals surface area contributed by atoms with Crippen LogP contribution in [0.15, 0.2) is 47.6 Å². The van der Waals surface area contributed by atoms with Gasteiger partial charge >= 0.3 is 5.97 Å². The Morgan fingerprint density at radius 3 is 2.32 bits per heavy atom. The number of ether oxygens (including phenoxy) is 5. The van der Waals surface area contributed by atoms with Crippen LogP contribution in [-0.2, 0) is 47.7 Å². The highest BCUT2D eigenvalue weighted by atomic mass is 16.6. The minimum absolute atomic E-state index is 0.0213. The number of fused-ring (bicyclic) bond motifs is 3. The van der Waals surface area contributed by atoms with Gasteiger partial charge < -0.3 is 43.9 Å². The van der Waals surface area contributed by atoms with E-state index in [2.05, 4.69) is 0 Å². The highest BCUT2D eigenvalue weighted by Crippen LogP contribution is 2.38. The number of esters is 1. The second-order valence-electron chi connectivity index (χ2n) is 19.5. The fourth-order valence-corrected chi connectivity index (χ4v) is 9.98. The van der Waals surface area contributed by atoms with E-state index >= 15 is 0 Å². The molecule has 0 aromatic rings. The van der Waals surface area contributed by atoms with E-state index in [9.17, 15) is 39.3 Å². The smallest absolute Gasteiger partial charge is 0.329 e.